The van der Waals surface area contributed by atoms with Gasteiger partial charge >= 0.3 is 0 Å². The van der Waals surface area contributed by atoms with Gasteiger partial charge in [-0.1, -0.05) is 0 Å². The molecule has 0 heterocycles. The molecule has 74 valence electrons. The summed E-state index contributed by atoms with van der Waals surface area (Å²) in [5.41, 5.74) is 0. The van der Waals surface area contributed by atoms with Gasteiger partial charge < -0.3 is 10.1 Å². The lowest BCUT2D eigenvalue weighted by Gasteiger charge is -2.03. The Bertz CT molecular complexity index is 70.9. The fraction of sp³-hybridized carbons (Fsp3) is 1.00. The molecule has 0 fully saturated rings. The Morgan fingerprint density at radius 2 is 2.00 bits per heavy atom. The highest BCUT2D eigenvalue weighted by Gasteiger charge is 1.88. The second kappa shape index (κ2) is 11.3. The Balaban J connectivity index is 2.73. The Kier molecular flexibility index (Phi) is 11.5. The zero-order valence-corrected chi connectivity index (χ0v) is 9.08. The third-order valence-electron chi connectivity index (χ3n) is 1.55. The largest absolute Gasteiger partial charge is 0.382 e. The Hall–Kier alpha value is 0.270. The quantitative estimate of drug-likeness (QED) is 0.561. The van der Waals surface area contributed by atoms with Gasteiger partial charge in [-0.15, -0.1) is 0 Å². The fourth-order valence-corrected chi connectivity index (χ4v) is 1.34. The summed E-state index contributed by atoms with van der Waals surface area (Å²) in [6.45, 7) is 6.01. The summed E-state index contributed by atoms with van der Waals surface area (Å²) in [6, 6.07) is 0. The molecule has 1 N–H and O–H groups in total. The minimum absolute atomic E-state index is 0.840. The van der Waals surface area contributed by atoms with Gasteiger partial charge in [0, 0.05) is 13.2 Å². The summed E-state index contributed by atoms with van der Waals surface area (Å²) in [7, 11) is 0. The first-order valence-corrected chi connectivity index (χ1v) is 6.08. The van der Waals surface area contributed by atoms with Crippen molar-refractivity contribution >= 4 is 11.8 Å². The van der Waals surface area contributed by atoms with Crippen LogP contribution in [0.15, 0.2) is 0 Å². The lowest BCUT2D eigenvalue weighted by Crippen LogP contribution is -2.18. The van der Waals surface area contributed by atoms with Crippen molar-refractivity contribution in [1.29, 1.82) is 0 Å². The van der Waals surface area contributed by atoms with E-state index in [2.05, 4.69) is 11.6 Å². The first-order chi connectivity index (χ1) is 5.91. The van der Waals surface area contributed by atoms with Gasteiger partial charge in [-0.25, -0.2) is 0 Å². The van der Waals surface area contributed by atoms with Crippen LogP contribution in [0.2, 0.25) is 0 Å². The first kappa shape index (κ1) is 12.3. The smallest absolute Gasteiger partial charge is 0.0477 e. The van der Waals surface area contributed by atoms with Gasteiger partial charge in [0.15, 0.2) is 0 Å². The van der Waals surface area contributed by atoms with Crippen LogP contribution in [0, 0.1) is 0 Å². The van der Waals surface area contributed by atoms with Gasteiger partial charge in [-0.05, 0) is 44.9 Å². The standard InChI is InChI=1S/C9H21NOS/c1-3-11-8-4-6-10-7-5-9-12-2/h10H,3-9H2,1-2H3. The molecule has 0 saturated heterocycles. The first-order valence-electron chi connectivity index (χ1n) is 4.69. The van der Waals surface area contributed by atoms with E-state index < -0.39 is 0 Å². The number of hydrogen-bond donors (Lipinski definition) is 1. The fourth-order valence-electron chi connectivity index (χ4n) is 0.910. The summed E-state index contributed by atoms with van der Waals surface area (Å²) in [4.78, 5) is 0. The summed E-state index contributed by atoms with van der Waals surface area (Å²) in [5.74, 6) is 1.26. The van der Waals surface area contributed by atoms with Gasteiger partial charge in [0.25, 0.3) is 0 Å². The van der Waals surface area contributed by atoms with Crippen LogP contribution in [0.25, 0.3) is 0 Å². The monoisotopic (exact) mass is 191 g/mol. The summed E-state index contributed by atoms with van der Waals surface area (Å²) in [6.07, 6.45) is 4.55. The highest BCUT2D eigenvalue weighted by atomic mass is 32.2. The van der Waals surface area contributed by atoms with Crippen molar-refractivity contribution in [2.75, 3.05) is 38.3 Å². The normalized spacial score (nSPS) is 10.5. The number of rotatable bonds is 9. The van der Waals surface area contributed by atoms with Crippen LogP contribution >= 0.6 is 11.8 Å². The van der Waals surface area contributed by atoms with E-state index in [-0.39, 0.29) is 0 Å². The van der Waals surface area contributed by atoms with Crippen molar-refractivity contribution in [1.82, 2.24) is 5.32 Å². The Morgan fingerprint density at radius 1 is 1.25 bits per heavy atom. The van der Waals surface area contributed by atoms with Crippen LogP contribution in [-0.4, -0.2) is 38.3 Å². The molecule has 0 aromatic heterocycles. The molecule has 0 atom stereocenters. The predicted octanol–water partition coefficient (Wildman–Crippen LogP) is 1.76. The van der Waals surface area contributed by atoms with E-state index in [9.17, 15) is 0 Å². The molecular formula is C9H21NOS. The van der Waals surface area contributed by atoms with Crippen molar-refractivity contribution in [2.24, 2.45) is 0 Å². The Morgan fingerprint density at radius 3 is 2.67 bits per heavy atom. The summed E-state index contributed by atoms with van der Waals surface area (Å²) >= 11 is 1.91. The van der Waals surface area contributed by atoms with Crippen molar-refractivity contribution in [3.63, 3.8) is 0 Å². The lowest BCUT2D eigenvalue weighted by molar-refractivity contribution is 0.145. The van der Waals surface area contributed by atoms with Crippen molar-refractivity contribution in [3.8, 4) is 0 Å². The number of ether oxygens (including phenoxy) is 1. The van der Waals surface area contributed by atoms with E-state index in [1.807, 2.05) is 18.7 Å². The number of hydrogen-bond acceptors (Lipinski definition) is 3. The third kappa shape index (κ3) is 10.3. The molecule has 0 radical (unpaired) electrons. The van der Waals surface area contributed by atoms with Crippen molar-refractivity contribution in [3.05, 3.63) is 0 Å². The van der Waals surface area contributed by atoms with E-state index in [0.717, 1.165) is 32.7 Å². The van der Waals surface area contributed by atoms with Gasteiger partial charge in [0.2, 0.25) is 0 Å². The van der Waals surface area contributed by atoms with Gasteiger partial charge in [0.05, 0.1) is 0 Å². The summed E-state index contributed by atoms with van der Waals surface area (Å²) in [5, 5.41) is 3.39. The molecule has 0 aliphatic carbocycles. The third-order valence-corrected chi connectivity index (χ3v) is 2.25. The molecule has 12 heavy (non-hydrogen) atoms. The SMILES string of the molecule is CCOCCCNCCCSC. The highest BCUT2D eigenvalue weighted by molar-refractivity contribution is 7.98. The maximum atomic E-state index is 5.22. The molecule has 0 bridgehead atoms. The van der Waals surface area contributed by atoms with Gasteiger partial charge in [-0.2, -0.15) is 11.8 Å². The second-order valence-electron chi connectivity index (χ2n) is 2.65. The van der Waals surface area contributed by atoms with Crippen LogP contribution in [-0.2, 0) is 4.74 Å². The van der Waals surface area contributed by atoms with E-state index in [1.54, 1.807) is 0 Å². The molecular weight excluding hydrogens is 170 g/mol. The zero-order valence-electron chi connectivity index (χ0n) is 8.27. The maximum Gasteiger partial charge on any atom is 0.0477 e. The zero-order chi connectivity index (χ0) is 9.07. The average molecular weight is 191 g/mol. The number of nitrogens with one attached hydrogen (secondary N) is 1. The maximum absolute atomic E-state index is 5.22. The van der Waals surface area contributed by atoms with Gasteiger partial charge in [0.1, 0.15) is 0 Å². The second-order valence-corrected chi connectivity index (χ2v) is 3.63. The topological polar surface area (TPSA) is 21.3 Å². The molecule has 0 aliphatic rings. The molecule has 0 saturated carbocycles. The molecule has 0 spiro atoms. The van der Waals surface area contributed by atoms with Crippen LogP contribution in [0.3, 0.4) is 0 Å². The van der Waals surface area contributed by atoms with E-state index in [0.29, 0.717) is 0 Å². The minimum Gasteiger partial charge on any atom is -0.382 e. The van der Waals surface area contributed by atoms with E-state index in [1.165, 1.54) is 12.2 Å². The molecule has 0 rings (SSSR count). The predicted molar refractivity (Wildman–Crippen MR) is 57.0 cm³/mol. The molecule has 3 heteroatoms. The Labute approximate surface area is 80.4 Å². The molecule has 0 aromatic rings. The minimum atomic E-state index is 0.840. The van der Waals surface area contributed by atoms with Crippen LogP contribution in [0.1, 0.15) is 19.8 Å². The van der Waals surface area contributed by atoms with E-state index in [4.69, 9.17) is 4.74 Å². The number of thioether (sulfide) groups is 1. The molecule has 2 nitrogen and oxygen atoms in total. The van der Waals surface area contributed by atoms with Crippen LogP contribution < -0.4 is 5.32 Å². The van der Waals surface area contributed by atoms with Crippen molar-refractivity contribution < 1.29 is 4.74 Å². The van der Waals surface area contributed by atoms with E-state index >= 15 is 0 Å². The molecule has 0 aliphatic heterocycles. The molecule has 0 amide bonds. The molecule has 0 unspecified atom stereocenters. The molecule has 0 aromatic carbocycles. The highest BCUT2D eigenvalue weighted by Crippen LogP contribution is 1.93. The van der Waals surface area contributed by atoms with Crippen molar-refractivity contribution in [2.45, 2.75) is 19.8 Å². The van der Waals surface area contributed by atoms with Crippen LogP contribution in [0.4, 0.5) is 0 Å². The lowest BCUT2D eigenvalue weighted by atomic mass is 10.4. The van der Waals surface area contributed by atoms with Crippen LogP contribution in [0.5, 0.6) is 0 Å². The van der Waals surface area contributed by atoms with Gasteiger partial charge in [-0.3, -0.25) is 0 Å². The average Bonchev–Trinajstić information content (AvgIpc) is 2.10. The summed E-state index contributed by atoms with van der Waals surface area (Å²) < 4.78 is 5.22.